The van der Waals surface area contributed by atoms with Gasteiger partial charge in [0.1, 0.15) is 0 Å². The number of nitrogens with zero attached hydrogens (tertiary/aromatic N) is 1. The Kier molecular flexibility index (Phi) is 3.12. The number of carbonyl (C=O) groups is 2. The second-order valence-corrected chi connectivity index (χ2v) is 4.46. The summed E-state index contributed by atoms with van der Waals surface area (Å²) in [6.45, 7) is 1.14. The number of carboxylic acids is 1. The molecule has 16 heavy (non-hydrogen) atoms. The van der Waals surface area contributed by atoms with E-state index in [4.69, 9.17) is 5.11 Å². The molecule has 0 saturated carbocycles. The van der Waals surface area contributed by atoms with Crippen molar-refractivity contribution in [3.05, 3.63) is 12.2 Å². The molecule has 5 nitrogen and oxygen atoms in total. The minimum absolute atomic E-state index is 0.0599. The van der Waals surface area contributed by atoms with Crippen LogP contribution in [0.25, 0.3) is 0 Å². The summed E-state index contributed by atoms with van der Waals surface area (Å²) in [6, 6.07) is 0.168. The van der Waals surface area contributed by atoms with Crippen molar-refractivity contribution in [2.75, 3.05) is 13.1 Å². The molecule has 0 radical (unpaired) electrons. The van der Waals surface area contributed by atoms with Gasteiger partial charge < -0.3 is 15.3 Å². The topological polar surface area (TPSA) is 69.6 Å². The molecule has 0 aromatic heterocycles. The second-order valence-electron chi connectivity index (χ2n) is 4.46. The lowest BCUT2D eigenvalue weighted by molar-refractivity contribution is -0.139. The average molecular weight is 224 g/mol. The first-order chi connectivity index (χ1) is 7.65. The highest BCUT2D eigenvalue weighted by atomic mass is 16.4. The largest absolute Gasteiger partial charge is 0.481 e. The zero-order chi connectivity index (χ0) is 11.5. The Morgan fingerprint density at radius 3 is 2.50 bits per heavy atom. The van der Waals surface area contributed by atoms with E-state index < -0.39 is 5.97 Å². The Hall–Kier alpha value is -1.52. The zero-order valence-electron chi connectivity index (χ0n) is 9.06. The van der Waals surface area contributed by atoms with Crippen LogP contribution in [0, 0.1) is 5.92 Å². The summed E-state index contributed by atoms with van der Waals surface area (Å²) in [5.74, 6) is -0.657. The highest BCUT2D eigenvalue weighted by Crippen LogP contribution is 2.19. The summed E-state index contributed by atoms with van der Waals surface area (Å²) >= 11 is 0. The molecule has 1 aliphatic carbocycles. The molecule has 2 amide bonds. The lowest BCUT2D eigenvalue weighted by Gasteiger charge is -2.39. The van der Waals surface area contributed by atoms with Gasteiger partial charge in [0.25, 0.3) is 0 Å². The number of nitrogens with one attached hydrogen (secondary N) is 1. The molecule has 88 valence electrons. The molecule has 5 heteroatoms. The molecule has 0 atom stereocenters. The average Bonchev–Trinajstić information content (AvgIpc) is 2.62. The summed E-state index contributed by atoms with van der Waals surface area (Å²) in [7, 11) is 0. The first kappa shape index (κ1) is 11.0. The quantitative estimate of drug-likeness (QED) is 0.697. The molecule has 2 N–H and O–H groups in total. The number of aliphatic carboxylic acids is 1. The standard InChI is InChI=1S/C11H16N2O3/c14-10(15)5-8-6-13(7-8)11(16)12-9-3-1-2-4-9/h1-2,8-9H,3-7H2,(H,12,16)(H,14,15). The van der Waals surface area contributed by atoms with Gasteiger partial charge in [-0.1, -0.05) is 12.2 Å². The van der Waals surface area contributed by atoms with Crippen molar-refractivity contribution in [1.82, 2.24) is 10.2 Å². The smallest absolute Gasteiger partial charge is 0.317 e. The summed E-state index contributed by atoms with van der Waals surface area (Å²) in [5.41, 5.74) is 0. The number of likely N-dealkylation sites (tertiary alicyclic amines) is 1. The van der Waals surface area contributed by atoms with Crippen molar-refractivity contribution >= 4 is 12.0 Å². The molecule has 0 aromatic rings. The SMILES string of the molecule is O=C(O)CC1CN(C(=O)NC2CC=CC2)C1. The van der Waals surface area contributed by atoms with E-state index >= 15 is 0 Å². The molecule has 0 unspecified atom stereocenters. The van der Waals surface area contributed by atoms with Crippen LogP contribution in [0.2, 0.25) is 0 Å². The van der Waals surface area contributed by atoms with E-state index in [0.29, 0.717) is 13.1 Å². The van der Waals surface area contributed by atoms with E-state index in [0.717, 1.165) is 12.8 Å². The predicted octanol–water partition coefficient (Wildman–Crippen LogP) is 0.821. The van der Waals surface area contributed by atoms with Gasteiger partial charge in [-0.2, -0.15) is 0 Å². The van der Waals surface area contributed by atoms with Crippen molar-refractivity contribution in [3.63, 3.8) is 0 Å². The fourth-order valence-corrected chi connectivity index (χ4v) is 2.11. The van der Waals surface area contributed by atoms with Crippen LogP contribution in [0.15, 0.2) is 12.2 Å². The third-order valence-corrected chi connectivity index (χ3v) is 3.04. The van der Waals surface area contributed by atoms with Gasteiger partial charge in [0.2, 0.25) is 0 Å². The first-order valence-electron chi connectivity index (χ1n) is 5.57. The van der Waals surface area contributed by atoms with Crippen LogP contribution in [0.1, 0.15) is 19.3 Å². The van der Waals surface area contributed by atoms with Gasteiger partial charge >= 0.3 is 12.0 Å². The highest BCUT2D eigenvalue weighted by molar-refractivity contribution is 5.76. The van der Waals surface area contributed by atoms with Gasteiger partial charge in [-0.05, 0) is 12.8 Å². The van der Waals surface area contributed by atoms with Crippen LogP contribution in [-0.4, -0.2) is 41.1 Å². The molecular formula is C11H16N2O3. The monoisotopic (exact) mass is 224 g/mol. The van der Waals surface area contributed by atoms with Crippen molar-refractivity contribution in [1.29, 1.82) is 0 Å². The number of urea groups is 1. The lowest BCUT2D eigenvalue weighted by atomic mass is 9.97. The number of rotatable bonds is 3. The molecule has 0 bridgehead atoms. The van der Waals surface area contributed by atoms with E-state index in [1.54, 1.807) is 4.90 Å². The Balaban J connectivity index is 1.67. The van der Waals surface area contributed by atoms with Gasteiger partial charge in [-0.15, -0.1) is 0 Å². The van der Waals surface area contributed by atoms with Gasteiger partial charge in [0.15, 0.2) is 0 Å². The fraction of sp³-hybridized carbons (Fsp3) is 0.636. The van der Waals surface area contributed by atoms with Crippen molar-refractivity contribution in [2.24, 2.45) is 5.92 Å². The molecular weight excluding hydrogens is 208 g/mol. The minimum Gasteiger partial charge on any atom is -0.481 e. The fourth-order valence-electron chi connectivity index (χ4n) is 2.11. The van der Waals surface area contributed by atoms with Crippen LogP contribution in [-0.2, 0) is 4.79 Å². The number of hydrogen-bond acceptors (Lipinski definition) is 2. The summed E-state index contributed by atoms with van der Waals surface area (Å²) in [5, 5.41) is 11.5. The number of hydrogen-bond donors (Lipinski definition) is 2. The van der Waals surface area contributed by atoms with Crippen molar-refractivity contribution < 1.29 is 14.7 Å². The Morgan fingerprint density at radius 1 is 1.31 bits per heavy atom. The van der Waals surface area contributed by atoms with Crippen molar-refractivity contribution in [2.45, 2.75) is 25.3 Å². The van der Waals surface area contributed by atoms with Crippen LogP contribution in [0.5, 0.6) is 0 Å². The summed E-state index contributed by atoms with van der Waals surface area (Å²) in [4.78, 5) is 23.8. The third kappa shape index (κ3) is 2.53. The Labute approximate surface area is 94.1 Å². The molecule has 0 spiro atoms. The van der Waals surface area contributed by atoms with E-state index in [1.807, 2.05) is 0 Å². The van der Waals surface area contributed by atoms with Crippen LogP contribution < -0.4 is 5.32 Å². The molecule has 1 heterocycles. The summed E-state index contributed by atoms with van der Waals surface area (Å²) in [6.07, 6.45) is 6.09. The minimum atomic E-state index is -0.787. The van der Waals surface area contributed by atoms with Gasteiger partial charge in [-0.25, -0.2) is 4.79 Å². The second kappa shape index (κ2) is 4.55. The maximum Gasteiger partial charge on any atom is 0.317 e. The molecule has 1 saturated heterocycles. The third-order valence-electron chi connectivity index (χ3n) is 3.04. The van der Waals surface area contributed by atoms with E-state index in [-0.39, 0.29) is 24.4 Å². The molecule has 1 fully saturated rings. The first-order valence-corrected chi connectivity index (χ1v) is 5.57. The Morgan fingerprint density at radius 2 is 1.94 bits per heavy atom. The molecule has 2 rings (SSSR count). The molecule has 2 aliphatic rings. The number of carbonyl (C=O) groups excluding carboxylic acids is 1. The number of carboxylic acid groups (broad SMARTS) is 1. The molecule has 0 aromatic carbocycles. The maximum absolute atomic E-state index is 11.7. The maximum atomic E-state index is 11.7. The zero-order valence-corrected chi connectivity index (χ0v) is 9.06. The predicted molar refractivity (Wildman–Crippen MR) is 58.0 cm³/mol. The Bertz CT molecular complexity index is 313. The van der Waals surface area contributed by atoms with E-state index in [1.165, 1.54) is 0 Å². The van der Waals surface area contributed by atoms with Crippen LogP contribution in [0.3, 0.4) is 0 Å². The van der Waals surface area contributed by atoms with Crippen LogP contribution in [0.4, 0.5) is 4.79 Å². The summed E-state index contributed by atoms with van der Waals surface area (Å²) < 4.78 is 0. The lowest BCUT2D eigenvalue weighted by Crippen LogP contribution is -2.55. The van der Waals surface area contributed by atoms with E-state index in [2.05, 4.69) is 17.5 Å². The van der Waals surface area contributed by atoms with Gasteiger partial charge in [0.05, 0.1) is 6.42 Å². The van der Waals surface area contributed by atoms with E-state index in [9.17, 15) is 9.59 Å². The highest BCUT2D eigenvalue weighted by Gasteiger charge is 2.32. The van der Waals surface area contributed by atoms with Crippen LogP contribution >= 0.6 is 0 Å². The molecule has 1 aliphatic heterocycles. The van der Waals surface area contributed by atoms with Gasteiger partial charge in [0, 0.05) is 25.0 Å². The van der Waals surface area contributed by atoms with Gasteiger partial charge in [-0.3, -0.25) is 4.79 Å². The normalized spacial score (nSPS) is 20.9. The van der Waals surface area contributed by atoms with Crippen molar-refractivity contribution in [3.8, 4) is 0 Å². The number of amides is 2.